The molecule has 0 spiro atoms. The topological polar surface area (TPSA) is 83.1 Å². The lowest BCUT2D eigenvalue weighted by Crippen LogP contribution is -2.41. The molecule has 0 fully saturated rings. The Balaban J connectivity index is 1.58. The number of hydrogen-bond acceptors (Lipinski definition) is 6. The van der Waals surface area contributed by atoms with Crippen LogP contribution < -0.4 is 19.5 Å². The average Bonchev–Trinajstić information content (AvgIpc) is 2.69. The van der Waals surface area contributed by atoms with Gasteiger partial charge in [0.1, 0.15) is 12.4 Å². The van der Waals surface area contributed by atoms with Crippen molar-refractivity contribution >= 4 is 17.6 Å². The van der Waals surface area contributed by atoms with Crippen LogP contribution in [-0.2, 0) is 14.3 Å². The minimum Gasteiger partial charge on any atom is -0.492 e. The molecule has 1 aliphatic heterocycles. The average molecular weight is 371 g/mol. The van der Waals surface area contributed by atoms with Crippen molar-refractivity contribution in [1.29, 1.82) is 0 Å². The van der Waals surface area contributed by atoms with Gasteiger partial charge in [0.05, 0.1) is 12.3 Å². The number of amides is 1. The highest BCUT2D eigenvalue weighted by molar-refractivity contribution is 5.96. The van der Waals surface area contributed by atoms with E-state index >= 15 is 0 Å². The third-order valence-electron chi connectivity index (χ3n) is 3.88. The standard InChI is InChI=1S/C20H21NO6/c1-3-24-15-9-5-4-8-14(15)21-19(22)13(2)26-20(23)18-12-25-16-10-6-7-11-17(16)27-18/h4-11,13,18H,3,12H2,1-2H3,(H,21,22)/t13-,18-/m0/s1. The van der Waals surface area contributed by atoms with E-state index < -0.39 is 24.1 Å². The van der Waals surface area contributed by atoms with E-state index in [1.807, 2.05) is 19.1 Å². The third kappa shape index (κ3) is 4.49. The quantitative estimate of drug-likeness (QED) is 0.786. The monoisotopic (exact) mass is 371 g/mol. The summed E-state index contributed by atoms with van der Waals surface area (Å²) in [7, 11) is 0. The number of ether oxygens (including phenoxy) is 4. The molecule has 0 saturated heterocycles. The van der Waals surface area contributed by atoms with Crippen molar-refractivity contribution in [1.82, 2.24) is 0 Å². The number of rotatable bonds is 6. The predicted octanol–water partition coefficient (Wildman–Crippen LogP) is 2.80. The Morgan fingerprint density at radius 2 is 1.85 bits per heavy atom. The molecule has 0 saturated carbocycles. The maximum absolute atomic E-state index is 12.4. The number of para-hydroxylation sites is 4. The molecule has 1 amide bonds. The van der Waals surface area contributed by atoms with Gasteiger partial charge in [-0.1, -0.05) is 24.3 Å². The van der Waals surface area contributed by atoms with Crippen LogP contribution >= 0.6 is 0 Å². The molecule has 0 bridgehead atoms. The Labute approximate surface area is 157 Å². The normalized spacial score (nSPS) is 16.1. The predicted molar refractivity (Wildman–Crippen MR) is 98.1 cm³/mol. The summed E-state index contributed by atoms with van der Waals surface area (Å²) in [5, 5.41) is 2.71. The molecule has 2 atom stereocenters. The minimum atomic E-state index is -1.01. The second-order valence-corrected chi connectivity index (χ2v) is 5.86. The molecule has 1 aliphatic rings. The van der Waals surface area contributed by atoms with Crippen LogP contribution in [0.4, 0.5) is 5.69 Å². The van der Waals surface area contributed by atoms with Crippen molar-refractivity contribution in [3.8, 4) is 17.2 Å². The van der Waals surface area contributed by atoms with Crippen molar-refractivity contribution in [2.45, 2.75) is 26.1 Å². The van der Waals surface area contributed by atoms with E-state index in [0.29, 0.717) is 29.5 Å². The lowest BCUT2D eigenvalue weighted by atomic mass is 10.2. The highest BCUT2D eigenvalue weighted by atomic mass is 16.6. The molecule has 142 valence electrons. The SMILES string of the molecule is CCOc1ccccc1NC(=O)[C@H](C)OC(=O)[C@@H]1COc2ccccc2O1. The van der Waals surface area contributed by atoms with Crippen molar-refractivity contribution in [2.75, 3.05) is 18.5 Å². The first-order valence-electron chi connectivity index (χ1n) is 8.70. The summed E-state index contributed by atoms with van der Waals surface area (Å²) in [6.07, 6.45) is -1.93. The number of fused-ring (bicyclic) bond motifs is 1. The van der Waals surface area contributed by atoms with E-state index in [0.717, 1.165) is 0 Å². The summed E-state index contributed by atoms with van der Waals surface area (Å²) < 4.78 is 21.8. The summed E-state index contributed by atoms with van der Waals surface area (Å²) in [6.45, 7) is 3.84. The first-order valence-corrected chi connectivity index (χ1v) is 8.70. The van der Waals surface area contributed by atoms with Gasteiger partial charge < -0.3 is 24.3 Å². The molecule has 7 heteroatoms. The van der Waals surface area contributed by atoms with Gasteiger partial charge in [0.15, 0.2) is 17.6 Å². The second-order valence-electron chi connectivity index (χ2n) is 5.86. The third-order valence-corrected chi connectivity index (χ3v) is 3.88. The van der Waals surface area contributed by atoms with Crippen LogP contribution in [0.1, 0.15) is 13.8 Å². The molecule has 2 aromatic rings. The zero-order chi connectivity index (χ0) is 19.2. The highest BCUT2D eigenvalue weighted by Crippen LogP contribution is 2.31. The lowest BCUT2D eigenvalue weighted by Gasteiger charge is -2.26. The van der Waals surface area contributed by atoms with Gasteiger partial charge >= 0.3 is 5.97 Å². The number of benzene rings is 2. The van der Waals surface area contributed by atoms with Crippen LogP contribution in [0.25, 0.3) is 0 Å². The van der Waals surface area contributed by atoms with Crippen molar-refractivity contribution in [3.05, 3.63) is 48.5 Å². The first-order chi connectivity index (χ1) is 13.1. The summed E-state index contributed by atoms with van der Waals surface area (Å²) in [5.74, 6) is 0.457. The van der Waals surface area contributed by atoms with Gasteiger partial charge in [0.25, 0.3) is 5.91 Å². The smallest absolute Gasteiger partial charge is 0.351 e. The number of nitrogens with one attached hydrogen (secondary N) is 1. The Morgan fingerprint density at radius 1 is 1.15 bits per heavy atom. The number of carbonyl (C=O) groups excluding carboxylic acids is 2. The van der Waals surface area contributed by atoms with Crippen LogP contribution in [0.2, 0.25) is 0 Å². The Bertz CT molecular complexity index is 822. The summed E-state index contributed by atoms with van der Waals surface area (Å²) in [6, 6.07) is 14.1. The van der Waals surface area contributed by atoms with E-state index in [-0.39, 0.29) is 6.61 Å². The van der Waals surface area contributed by atoms with Crippen LogP contribution in [0.5, 0.6) is 17.2 Å². The van der Waals surface area contributed by atoms with Crippen molar-refractivity contribution < 1.29 is 28.5 Å². The van der Waals surface area contributed by atoms with Gasteiger partial charge in [-0.2, -0.15) is 0 Å². The van der Waals surface area contributed by atoms with Gasteiger partial charge in [-0.25, -0.2) is 4.79 Å². The van der Waals surface area contributed by atoms with Crippen LogP contribution in [0.15, 0.2) is 48.5 Å². The zero-order valence-electron chi connectivity index (χ0n) is 15.1. The molecule has 0 aromatic heterocycles. The molecule has 2 aromatic carbocycles. The largest absolute Gasteiger partial charge is 0.492 e. The van der Waals surface area contributed by atoms with Crippen LogP contribution in [0.3, 0.4) is 0 Å². The molecular formula is C20H21NO6. The number of esters is 1. The minimum absolute atomic E-state index is 0.0252. The maximum Gasteiger partial charge on any atom is 0.351 e. The van der Waals surface area contributed by atoms with Crippen molar-refractivity contribution in [3.63, 3.8) is 0 Å². The molecule has 1 N–H and O–H groups in total. The van der Waals surface area contributed by atoms with Crippen LogP contribution in [-0.4, -0.2) is 37.3 Å². The molecule has 0 radical (unpaired) electrons. The van der Waals surface area contributed by atoms with Gasteiger partial charge in [-0.15, -0.1) is 0 Å². The van der Waals surface area contributed by atoms with Gasteiger partial charge in [0, 0.05) is 0 Å². The van der Waals surface area contributed by atoms with E-state index in [4.69, 9.17) is 18.9 Å². The Morgan fingerprint density at radius 3 is 2.63 bits per heavy atom. The van der Waals surface area contributed by atoms with E-state index in [1.165, 1.54) is 6.92 Å². The van der Waals surface area contributed by atoms with Crippen molar-refractivity contribution in [2.24, 2.45) is 0 Å². The van der Waals surface area contributed by atoms with Crippen LogP contribution in [0, 0.1) is 0 Å². The summed E-state index contributed by atoms with van der Waals surface area (Å²) in [5.41, 5.74) is 0.512. The molecule has 3 rings (SSSR count). The molecule has 1 heterocycles. The summed E-state index contributed by atoms with van der Waals surface area (Å²) in [4.78, 5) is 24.7. The van der Waals surface area contributed by atoms with E-state index in [2.05, 4.69) is 5.32 Å². The molecule has 7 nitrogen and oxygen atoms in total. The van der Waals surface area contributed by atoms with E-state index in [9.17, 15) is 9.59 Å². The number of carbonyl (C=O) groups is 2. The number of hydrogen-bond donors (Lipinski definition) is 1. The van der Waals surface area contributed by atoms with Gasteiger partial charge in [-0.3, -0.25) is 4.79 Å². The molecule has 27 heavy (non-hydrogen) atoms. The Hall–Kier alpha value is -3.22. The fourth-order valence-electron chi connectivity index (χ4n) is 2.52. The van der Waals surface area contributed by atoms with E-state index in [1.54, 1.807) is 36.4 Å². The molecule has 0 aliphatic carbocycles. The van der Waals surface area contributed by atoms with Gasteiger partial charge in [-0.05, 0) is 38.1 Å². The first kappa shape index (κ1) is 18.6. The molecular weight excluding hydrogens is 350 g/mol. The van der Waals surface area contributed by atoms with Gasteiger partial charge in [0.2, 0.25) is 6.10 Å². The fraction of sp³-hybridized carbons (Fsp3) is 0.300. The lowest BCUT2D eigenvalue weighted by molar-refractivity contribution is -0.162. The maximum atomic E-state index is 12.4. The second kappa shape index (κ2) is 8.44. The number of anilines is 1. The summed E-state index contributed by atoms with van der Waals surface area (Å²) >= 11 is 0. The molecule has 0 unspecified atom stereocenters. The Kier molecular flexibility index (Phi) is 5.80. The highest BCUT2D eigenvalue weighted by Gasteiger charge is 2.31. The zero-order valence-corrected chi connectivity index (χ0v) is 15.1. The fourth-order valence-corrected chi connectivity index (χ4v) is 2.52.